The van der Waals surface area contributed by atoms with Crippen LogP contribution < -0.4 is 4.74 Å². The monoisotopic (exact) mass is 293 g/mol. The highest BCUT2D eigenvalue weighted by atomic mass is 16.5. The molecule has 1 atom stereocenters. The highest BCUT2D eigenvalue weighted by molar-refractivity contribution is 5.32. The van der Waals surface area contributed by atoms with Crippen LogP contribution >= 0.6 is 0 Å². The summed E-state index contributed by atoms with van der Waals surface area (Å²) in [5.41, 5.74) is 2.08. The standard InChI is InChI=1S/C17H27NO3/c1-5-18(10-14(2)3)11-16(19)13-21-12-15-8-6-7-9-17(15)20-4/h6-9,16,19H,2,5,10-13H2,1,3-4H3. The first-order chi connectivity index (χ1) is 10.1. The molecule has 0 aliphatic heterocycles. The SMILES string of the molecule is C=C(C)CN(CC)CC(O)COCc1ccccc1OC. The van der Waals surface area contributed by atoms with Crippen molar-refractivity contribution < 1.29 is 14.6 Å². The zero-order valence-electron chi connectivity index (χ0n) is 13.3. The number of hydrogen-bond donors (Lipinski definition) is 1. The maximum Gasteiger partial charge on any atom is 0.124 e. The van der Waals surface area contributed by atoms with E-state index in [2.05, 4.69) is 18.4 Å². The Hall–Kier alpha value is -1.36. The first-order valence-electron chi connectivity index (χ1n) is 7.31. The number of methoxy groups -OCH3 is 1. The van der Waals surface area contributed by atoms with Crippen LogP contribution in [0.5, 0.6) is 5.75 Å². The molecule has 21 heavy (non-hydrogen) atoms. The van der Waals surface area contributed by atoms with Gasteiger partial charge in [-0.15, -0.1) is 0 Å². The third-order valence-corrected chi connectivity index (χ3v) is 3.17. The summed E-state index contributed by atoms with van der Waals surface area (Å²) in [4.78, 5) is 2.15. The first kappa shape index (κ1) is 17.7. The lowest BCUT2D eigenvalue weighted by molar-refractivity contribution is 0.0115. The molecule has 4 nitrogen and oxygen atoms in total. The number of aliphatic hydroxyl groups is 1. The van der Waals surface area contributed by atoms with Crippen molar-refractivity contribution in [1.29, 1.82) is 0 Å². The van der Waals surface area contributed by atoms with Gasteiger partial charge in [-0.2, -0.15) is 0 Å². The number of likely N-dealkylation sites (N-methyl/N-ethyl adjacent to an activating group) is 1. The van der Waals surface area contributed by atoms with Crippen LogP contribution in [0.25, 0.3) is 0 Å². The minimum absolute atomic E-state index is 0.310. The highest BCUT2D eigenvalue weighted by Crippen LogP contribution is 2.18. The van der Waals surface area contributed by atoms with E-state index in [0.717, 1.165) is 30.0 Å². The molecule has 4 heteroatoms. The predicted octanol–water partition coefficient (Wildman–Crippen LogP) is 2.47. The molecule has 0 spiro atoms. The molecule has 0 bridgehead atoms. The van der Waals surface area contributed by atoms with Crippen molar-refractivity contribution in [3.8, 4) is 5.75 Å². The highest BCUT2D eigenvalue weighted by Gasteiger charge is 2.11. The largest absolute Gasteiger partial charge is 0.496 e. The van der Waals surface area contributed by atoms with Gasteiger partial charge in [0, 0.05) is 18.7 Å². The molecular weight excluding hydrogens is 266 g/mol. The Bertz CT molecular complexity index is 434. The van der Waals surface area contributed by atoms with Crippen LogP contribution in [-0.2, 0) is 11.3 Å². The van der Waals surface area contributed by atoms with Crippen LogP contribution in [0.15, 0.2) is 36.4 Å². The van der Waals surface area contributed by atoms with Crippen molar-refractivity contribution in [2.24, 2.45) is 0 Å². The molecular formula is C17H27NO3. The fraction of sp³-hybridized carbons (Fsp3) is 0.529. The van der Waals surface area contributed by atoms with E-state index in [1.807, 2.05) is 31.2 Å². The minimum Gasteiger partial charge on any atom is -0.496 e. The fourth-order valence-corrected chi connectivity index (χ4v) is 2.17. The van der Waals surface area contributed by atoms with E-state index in [-0.39, 0.29) is 0 Å². The maximum absolute atomic E-state index is 10.0. The Labute approximate surface area is 128 Å². The molecule has 0 saturated heterocycles. The zero-order valence-corrected chi connectivity index (χ0v) is 13.3. The van der Waals surface area contributed by atoms with E-state index in [1.54, 1.807) is 7.11 Å². The van der Waals surface area contributed by atoms with Crippen molar-refractivity contribution in [1.82, 2.24) is 4.90 Å². The molecule has 0 radical (unpaired) electrons. The van der Waals surface area contributed by atoms with Gasteiger partial charge in [0.25, 0.3) is 0 Å². The second-order valence-electron chi connectivity index (χ2n) is 5.27. The molecule has 118 valence electrons. The minimum atomic E-state index is -0.501. The van der Waals surface area contributed by atoms with Gasteiger partial charge in [-0.1, -0.05) is 37.3 Å². The lowest BCUT2D eigenvalue weighted by atomic mass is 10.2. The van der Waals surface area contributed by atoms with Gasteiger partial charge in [-0.25, -0.2) is 0 Å². The van der Waals surface area contributed by atoms with Crippen molar-refractivity contribution in [3.63, 3.8) is 0 Å². The Balaban J connectivity index is 2.35. The van der Waals surface area contributed by atoms with E-state index in [9.17, 15) is 5.11 Å². The van der Waals surface area contributed by atoms with Gasteiger partial charge >= 0.3 is 0 Å². The van der Waals surface area contributed by atoms with E-state index >= 15 is 0 Å². The summed E-state index contributed by atoms with van der Waals surface area (Å²) in [6.07, 6.45) is -0.501. The van der Waals surface area contributed by atoms with Gasteiger partial charge in [0.15, 0.2) is 0 Å². The van der Waals surface area contributed by atoms with Crippen LogP contribution in [0.4, 0.5) is 0 Å². The Morgan fingerprint density at radius 2 is 2.10 bits per heavy atom. The number of hydrogen-bond acceptors (Lipinski definition) is 4. The molecule has 0 amide bonds. The van der Waals surface area contributed by atoms with E-state index in [1.165, 1.54) is 0 Å². The van der Waals surface area contributed by atoms with Crippen LogP contribution in [0, 0.1) is 0 Å². The van der Waals surface area contributed by atoms with E-state index < -0.39 is 6.10 Å². The molecule has 0 aliphatic rings. The lowest BCUT2D eigenvalue weighted by Crippen LogP contribution is -2.35. The van der Waals surface area contributed by atoms with Gasteiger partial charge < -0.3 is 14.6 Å². The average molecular weight is 293 g/mol. The summed E-state index contributed by atoms with van der Waals surface area (Å²) >= 11 is 0. The normalized spacial score (nSPS) is 12.4. The molecule has 1 aromatic carbocycles. The smallest absolute Gasteiger partial charge is 0.124 e. The molecule has 0 aromatic heterocycles. The van der Waals surface area contributed by atoms with Gasteiger partial charge in [0.05, 0.1) is 26.4 Å². The second-order valence-corrected chi connectivity index (χ2v) is 5.27. The molecule has 0 heterocycles. The quantitative estimate of drug-likeness (QED) is 0.673. The summed E-state index contributed by atoms with van der Waals surface area (Å²) in [7, 11) is 1.64. The van der Waals surface area contributed by atoms with Crippen molar-refractivity contribution in [2.45, 2.75) is 26.6 Å². The molecule has 0 aliphatic carbocycles. The van der Waals surface area contributed by atoms with Gasteiger partial charge in [-0.3, -0.25) is 4.90 Å². The Morgan fingerprint density at radius 3 is 2.71 bits per heavy atom. The zero-order chi connectivity index (χ0) is 15.7. The van der Waals surface area contributed by atoms with Gasteiger partial charge in [0.1, 0.15) is 5.75 Å². The van der Waals surface area contributed by atoms with Crippen molar-refractivity contribution >= 4 is 0 Å². The third kappa shape index (κ3) is 6.76. The van der Waals surface area contributed by atoms with Crippen LogP contribution in [-0.4, -0.2) is 49.5 Å². The molecule has 1 aromatic rings. The molecule has 0 fully saturated rings. The van der Waals surface area contributed by atoms with E-state index in [0.29, 0.717) is 19.8 Å². The summed E-state index contributed by atoms with van der Waals surface area (Å²) in [5.74, 6) is 0.810. The van der Waals surface area contributed by atoms with Crippen molar-refractivity contribution in [3.05, 3.63) is 42.0 Å². The van der Waals surface area contributed by atoms with Crippen LogP contribution in [0.2, 0.25) is 0 Å². The number of nitrogens with zero attached hydrogens (tertiary/aromatic N) is 1. The van der Waals surface area contributed by atoms with Crippen LogP contribution in [0.3, 0.4) is 0 Å². The van der Waals surface area contributed by atoms with Gasteiger partial charge in [0.2, 0.25) is 0 Å². The summed E-state index contributed by atoms with van der Waals surface area (Å²) in [6.45, 7) is 11.0. The number of rotatable bonds is 10. The topological polar surface area (TPSA) is 41.9 Å². The Kier molecular flexibility index (Phi) is 8.05. The summed E-state index contributed by atoms with van der Waals surface area (Å²) < 4.78 is 10.9. The first-order valence-corrected chi connectivity index (χ1v) is 7.31. The van der Waals surface area contributed by atoms with Crippen molar-refractivity contribution in [2.75, 3.05) is 33.4 Å². The third-order valence-electron chi connectivity index (χ3n) is 3.17. The number of benzene rings is 1. The number of para-hydroxylation sites is 1. The average Bonchev–Trinajstić information content (AvgIpc) is 2.46. The summed E-state index contributed by atoms with van der Waals surface area (Å²) in [5, 5.41) is 10.0. The molecule has 1 rings (SSSR count). The lowest BCUT2D eigenvalue weighted by Gasteiger charge is -2.23. The second kappa shape index (κ2) is 9.55. The number of aliphatic hydroxyl groups excluding tert-OH is 1. The summed E-state index contributed by atoms with van der Waals surface area (Å²) in [6, 6.07) is 7.74. The van der Waals surface area contributed by atoms with Crippen LogP contribution in [0.1, 0.15) is 19.4 Å². The predicted molar refractivity (Wildman–Crippen MR) is 85.6 cm³/mol. The number of ether oxygens (including phenoxy) is 2. The molecule has 0 saturated carbocycles. The Morgan fingerprint density at radius 1 is 1.38 bits per heavy atom. The maximum atomic E-state index is 10.0. The molecule has 1 N–H and O–H groups in total. The molecule has 1 unspecified atom stereocenters. The fourth-order valence-electron chi connectivity index (χ4n) is 2.17. The van der Waals surface area contributed by atoms with E-state index in [4.69, 9.17) is 9.47 Å². The van der Waals surface area contributed by atoms with Gasteiger partial charge in [-0.05, 0) is 19.5 Å².